The van der Waals surface area contributed by atoms with Gasteiger partial charge in [0.15, 0.2) is 11.5 Å². The van der Waals surface area contributed by atoms with Gasteiger partial charge in [-0.15, -0.1) is 0 Å². The molecule has 2 heterocycles. The number of hydrogen-bond acceptors (Lipinski definition) is 6. The molecule has 0 aliphatic carbocycles. The fraction of sp³-hybridized carbons (Fsp3) is 0.346. The molecule has 2 aromatic carbocycles. The Morgan fingerprint density at radius 2 is 1.79 bits per heavy atom. The smallest absolute Gasteiger partial charge is 0.266 e. The van der Waals surface area contributed by atoms with Gasteiger partial charge in [0.05, 0.1) is 19.1 Å². The first-order chi connectivity index (χ1) is 16.5. The summed E-state index contributed by atoms with van der Waals surface area (Å²) >= 11 is 6.64. The highest BCUT2D eigenvalue weighted by Gasteiger charge is 2.35. The van der Waals surface area contributed by atoms with E-state index in [1.54, 1.807) is 32.4 Å². The van der Waals surface area contributed by atoms with Crippen LogP contribution in [0.2, 0.25) is 0 Å². The van der Waals surface area contributed by atoms with E-state index >= 15 is 0 Å². The van der Waals surface area contributed by atoms with Crippen LogP contribution in [0.15, 0.2) is 53.4 Å². The lowest BCUT2D eigenvalue weighted by atomic mass is 9.90. The third-order valence-corrected chi connectivity index (χ3v) is 7.58. The van der Waals surface area contributed by atoms with Crippen molar-refractivity contribution >= 4 is 46.2 Å². The van der Waals surface area contributed by atoms with Crippen molar-refractivity contribution in [2.24, 2.45) is 5.92 Å². The zero-order chi connectivity index (χ0) is 24.1. The molecule has 2 aliphatic heterocycles. The van der Waals surface area contributed by atoms with Crippen LogP contribution < -0.4 is 9.47 Å². The van der Waals surface area contributed by atoms with Crippen molar-refractivity contribution in [1.29, 1.82) is 0 Å². The Labute approximate surface area is 209 Å². The Bertz CT molecular complexity index is 1100. The van der Waals surface area contributed by atoms with E-state index in [1.807, 2.05) is 17.0 Å². The van der Waals surface area contributed by atoms with Crippen LogP contribution in [-0.4, -0.2) is 59.8 Å². The summed E-state index contributed by atoms with van der Waals surface area (Å²) in [7, 11) is 3.14. The maximum Gasteiger partial charge on any atom is 0.266 e. The molecule has 2 saturated heterocycles. The van der Waals surface area contributed by atoms with Gasteiger partial charge < -0.3 is 14.4 Å². The fourth-order valence-corrected chi connectivity index (χ4v) is 5.55. The SMILES string of the molecule is COc1ccc(C=C2SC(=S)N(CC(=O)N3CCC(Cc4ccccc4)CC3)C2=O)cc1OC. The van der Waals surface area contributed by atoms with Crippen molar-refractivity contribution in [2.75, 3.05) is 33.9 Å². The van der Waals surface area contributed by atoms with Crippen LogP contribution in [0.25, 0.3) is 6.08 Å². The molecule has 6 nitrogen and oxygen atoms in total. The second-order valence-corrected chi connectivity index (χ2v) is 10.1. The van der Waals surface area contributed by atoms with Crippen molar-refractivity contribution in [3.05, 3.63) is 64.6 Å². The van der Waals surface area contributed by atoms with E-state index in [0.717, 1.165) is 24.8 Å². The van der Waals surface area contributed by atoms with Gasteiger partial charge in [-0.2, -0.15) is 0 Å². The number of carbonyl (C=O) groups excluding carboxylic acids is 2. The Hall–Kier alpha value is -2.84. The summed E-state index contributed by atoms with van der Waals surface area (Å²) in [6, 6.07) is 15.9. The average molecular weight is 497 g/mol. The normalized spacial score (nSPS) is 18.0. The highest BCUT2D eigenvalue weighted by atomic mass is 32.2. The lowest BCUT2D eigenvalue weighted by molar-refractivity contribution is -0.136. The van der Waals surface area contributed by atoms with Crippen LogP contribution in [0.1, 0.15) is 24.0 Å². The number of carbonyl (C=O) groups is 2. The molecular weight excluding hydrogens is 468 g/mol. The van der Waals surface area contributed by atoms with Crippen LogP contribution in [0, 0.1) is 5.92 Å². The Morgan fingerprint density at radius 1 is 1.09 bits per heavy atom. The van der Waals surface area contributed by atoms with E-state index in [2.05, 4.69) is 24.3 Å². The fourth-order valence-electron chi connectivity index (χ4n) is 4.30. The first kappa shape index (κ1) is 24.3. The molecule has 8 heteroatoms. The summed E-state index contributed by atoms with van der Waals surface area (Å²) in [5.41, 5.74) is 2.14. The van der Waals surface area contributed by atoms with Gasteiger partial charge in [-0.25, -0.2) is 0 Å². The Balaban J connectivity index is 1.34. The minimum absolute atomic E-state index is 0.0166. The minimum Gasteiger partial charge on any atom is -0.493 e. The summed E-state index contributed by atoms with van der Waals surface area (Å²) < 4.78 is 11.0. The number of piperidine rings is 1. The number of benzene rings is 2. The average Bonchev–Trinajstić information content (AvgIpc) is 3.12. The number of likely N-dealkylation sites (tertiary alicyclic amines) is 1. The second kappa shape index (κ2) is 11.1. The molecule has 0 saturated carbocycles. The molecule has 0 atom stereocenters. The quantitative estimate of drug-likeness (QED) is 0.419. The Kier molecular flexibility index (Phi) is 7.90. The number of methoxy groups -OCH3 is 2. The third-order valence-electron chi connectivity index (χ3n) is 6.21. The van der Waals surface area contributed by atoms with Crippen molar-refractivity contribution in [2.45, 2.75) is 19.3 Å². The molecule has 0 spiro atoms. The monoisotopic (exact) mass is 496 g/mol. The molecule has 178 valence electrons. The van der Waals surface area contributed by atoms with Gasteiger partial charge in [0.25, 0.3) is 5.91 Å². The number of hydrogen-bond donors (Lipinski definition) is 0. The molecule has 2 aromatic rings. The van der Waals surface area contributed by atoms with Gasteiger partial charge in [0.1, 0.15) is 10.9 Å². The molecule has 0 bridgehead atoms. The van der Waals surface area contributed by atoms with E-state index in [1.165, 1.54) is 22.2 Å². The number of ether oxygens (including phenoxy) is 2. The van der Waals surface area contributed by atoms with Crippen LogP contribution >= 0.6 is 24.0 Å². The van der Waals surface area contributed by atoms with Crippen molar-refractivity contribution in [3.8, 4) is 11.5 Å². The van der Waals surface area contributed by atoms with Gasteiger partial charge in [-0.3, -0.25) is 14.5 Å². The van der Waals surface area contributed by atoms with Gasteiger partial charge >= 0.3 is 0 Å². The first-order valence-electron chi connectivity index (χ1n) is 11.3. The van der Waals surface area contributed by atoms with Crippen molar-refractivity contribution < 1.29 is 19.1 Å². The molecule has 4 rings (SSSR count). The van der Waals surface area contributed by atoms with E-state index < -0.39 is 0 Å². The zero-order valence-corrected chi connectivity index (χ0v) is 21.0. The number of amides is 2. The van der Waals surface area contributed by atoms with Crippen LogP contribution in [0.4, 0.5) is 0 Å². The van der Waals surface area contributed by atoms with Gasteiger partial charge in [0, 0.05) is 13.1 Å². The summed E-state index contributed by atoms with van der Waals surface area (Å²) in [6.07, 6.45) is 4.75. The lowest BCUT2D eigenvalue weighted by Gasteiger charge is -2.33. The van der Waals surface area contributed by atoms with Gasteiger partial charge in [0.2, 0.25) is 5.91 Å². The van der Waals surface area contributed by atoms with Crippen molar-refractivity contribution in [1.82, 2.24) is 9.80 Å². The van der Waals surface area contributed by atoms with Gasteiger partial charge in [-0.05, 0) is 54.5 Å². The summed E-state index contributed by atoms with van der Waals surface area (Å²) in [5, 5.41) is 0. The molecule has 2 fully saturated rings. The number of rotatable bonds is 7. The van der Waals surface area contributed by atoms with Crippen LogP contribution in [0.3, 0.4) is 0 Å². The van der Waals surface area contributed by atoms with Crippen molar-refractivity contribution in [3.63, 3.8) is 0 Å². The number of thioether (sulfide) groups is 1. The molecule has 0 N–H and O–H groups in total. The van der Waals surface area contributed by atoms with E-state index in [4.69, 9.17) is 21.7 Å². The van der Waals surface area contributed by atoms with Crippen LogP contribution in [-0.2, 0) is 16.0 Å². The van der Waals surface area contributed by atoms with E-state index in [9.17, 15) is 9.59 Å². The molecular formula is C26H28N2O4S2. The van der Waals surface area contributed by atoms with E-state index in [0.29, 0.717) is 39.7 Å². The maximum absolute atomic E-state index is 13.0. The molecule has 0 unspecified atom stereocenters. The topological polar surface area (TPSA) is 59.1 Å². The summed E-state index contributed by atoms with van der Waals surface area (Å²) in [5.74, 6) is 1.48. The zero-order valence-electron chi connectivity index (χ0n) is 19.4. The lowest BCUT2D eigenvalue weighted by Crippen LogP contribution is -2.45. The molecule has 0 radical (unpaired) electrons. The molecule has 2 aliphatic rings. The Morgan fingerprint density at radius 3 is 2.47 bits per heavy atom. The maximum atomic E-state index is 13.0. The van der Waals surface area contributed by atoms with Crippen LogP contribution in [0.5, 0.6) is 11.5 Å². The number of thiocarbonyl (C=S) groups is 1. The molecule has 0 aromatic heterocycles. The summed E-state index contributed by atoms with van der Waals surface area (Å²) in [6.45, 7) is 1.41. The van der Waals surface area contributed by atoms with E-state index in [-0.39, 0.29) is 18.4 Å². The second-order valence-electron chi connectivity index (χ2n) is 8.40. The third kappa shape index (κ3) is 5.62. The highest BCUT2D eigenvalue weighted by molar-refractivity contribution is 8.26. The molecule has 34 heavy (non-hydrogen) atoms. The highest BCUT2D eigenvalue weighted by Crippen LogP contribution is 2.35. The largest absolute Gasteiger partial charge is 0.493 e. The first-order valence-corrected chi connectivity index (χ1v) is 12.5. The summed E-state index contributed by atoms with van der Waals surface area (Å²) in [4.78, 5) is 29.7. The predicted octanol–water partition coefficient (Wildman–Crippen LogP) is 4.39. The van der Waals surface area contributed by atoms with Gasteiger partial charge in [-0.1, -0.05) is 60.4 Å². The predicted molar refractivity (Wildman–Crippen MR) is 139 cm³/mol. The number of nitrogens with zero attached hydrogens (tertiary/aromatic N) is 2. The molecule has 2 amide bonds. The minimum atomic E-state index is -0.239. The standard InChI is InChI=1S/C26H28N2O4S2/c1-31-21-9-8-20(15-22(21)32-2)16-23-25(30)28(26(33)34-23)17-24(29)27-12-10-19(11-13-27)14-18-6-4-3-5-7-18/h3-9,15-16,19H,10-14,17H2,1-2H3.